The molecule has 0 saturated heterocycles. The second-order valence-electron chi connectivity index (χ2n) is 2.99. The molecule has 1 aromatic rings. The van der Waals surface area contributed by atoms with Crippen LogP contribution in [0.25, 0.3) is 0 Å². The number of rotatable bonds is 1. The van der Waals surface area contributed by atoms with E-state index >= 15 is 0 Å². The molecule has 0 unspecified atom stereocenters. The van der Waals surface area contributed by atoms with Gasteiger partial charge in [0.1, 0.15) is 5.84 Å². The Labute approximate surface area is 78.0 Å². The molecule has 66 valence electrons. The maximum atomic E-state index is 4.25. The summed E-state index contributed by atoms with van der Waals surface area (Å²) in [5.41, 5.74) is 1.11. The molecule has 1 aliphatic rings. The van der Waals surface area contributed by atoms with E-state index in [-0.39, 0.29) is 0 Å². The van der Waals surface area contributed by atoms with Gasteiger partial charge in [-0.1, -0.05) is 24.3 Å². The Morgan fingerprint density at radius 1 is 1.15 bits per heavy atom. The lowest BCUT2D eigenvalue weighted by Crippen LogP contribution is -2.12. The van der Waals surface area contributed by atoms with Gasteiger partial charge in [-0.25, -0.2) is 4.99 Å². The van der Waals surface area contributed by atoms with Crippen LogP contribution in [-0.4, -0.2) is 5.84 Å². The number of nitrogens with one attached hydrogen (secondary N) is 1. The number of hydrogen-bond acceptors (Lipinski definition) is 2. The van der Waals surface area contributed by atoms with E-state index in [1.807, 2.05) is 36.5 Å². The molecule has 0 amide bonds. The molecule has 0 aromatic heterocycles. The van der Waals surface area contributed by atoms with Crippen molar-refractivity contribution in [2.24, 2.45) is 4.99 Å². The van der Waals surface area contributed by atoms with Gasteiger partial charge < -0.3 is 5.32 Å². The zero-order chi connectivity index (χ0) is 8.93. The largest absolute Gasteiger partial charge is 0.344 e. The highest BCUT2D eigenvalue weighted by Crippen LogP contribution is 2.09. The van der Waals surface area contributed by atoms with Crippen molar-refractivity contribution >= 4 is 11.5 Å². The summed E-state index contributed by atoms with van der Waals surface area (Å²) >= 11 is 0. The Morgan fingerprint density at radius 2 is 2.00 bits per heavy atom. The fourth-order valence-electron chi connectivity index (χ4n) is 1.28. The van der Waals surface area contributed by atoms with Crippen LogP contribution in [0, 0.1) is 0 Å². The van der Waals surface area contributed by atoms with E-state index in [4.69, 9.17) is 0 Å². The number of benzene rings is 1. The Hall–Kier alpha value is -1.57. The Bertz CT molecular complexity index is 325. The highest BCUT2D eigenvalue weighted by molar-refractivity contribution is 5.96. The monoisotopic (exact) mass is 172 g/mol. The quantitative estimate of drug-likeness (QED) is 0.692. The van der Waals surface area contributed by atoms with Crippen molar-refractivity contribution in [3.8, 4) is 0 Å². The van der Waals surface area contributed by atoms with Crippen LogP contribution in [0.1, 0.15) is 12.8 Å². The van der Waals surface area contributed by atoms with Crippen LogP contribution in [0.3, 0.4) is 0 Å². The van der Waals surface area contributed by atoms with Crippen molar-refractivity contribution in [2.45, 2.75) is 12.8 Å². The number of aliphatic imine (C=N–C) groups is 1. The van der Waals surface area contributed by atoms with Crippen molar-refractivity contribution in [1.29, 1.82) is 0 Å². The first-order valence-corrected chi connectivity index (χ1v) is 4.49. The van der Waals surface area contributed by atoms with Crippen molar-refractivity contribution in [3.05, 3.63) is 42.6 Å². The van der Waals surface area contributed by atoms with Crippen LogP contribution >= 0.6 is 0 Å². The first-order chi connectivity index (χ1) is 6.45. The van der Waals surface area contributed by atoms with Gasteiger partial charge in [0.25, 0.3) is 0 Å². The van der Waals surface area contributed by atoms with E-state index in [2.05, 4.69) is 16.4 Å². The van der Waals surface area contributed by atoms with Gasteiger partial charge in [-0.15, -0.1) is 0 Å². The fourth-order valence-corrected chi connectivity index (χ4v) is 1.28. The van der Waals surface area contributed by atoms with Crippen molar-refractivity contribution < 1.29 is 0 Å². The van der Waals surface area contributed by atoms with E-state index in [1.54, 1.807) is 0 Å². The topological polar surface area (TPSA) is 24.4 Å². The molecule has 2 rings (SSSR count). The van der Waals surface area contributed by atoms with Crippen molar-refractivity contribution in [2.75, 3.05) is 5.32 Å². The van der Waals surface area contributed by atoms with Crippen LogP contribution in [0.2, 0.25) is 0 Å². The average molecular weight is 172 g/mol. The van der Waals surface area contributed by atoms with Gasteiger partial charge in [0.15, 0.2) is 0 Å². The van der Waals surface area contributed by atoms with Crippen molar-refractivity contribution in [3.63, 3.8) is 0 Å². The summed E-state index contributed by atoms with van der Waals surface area (Å²) in [6.07, 6.45) is 6.02. The summed E-state index contributed by atoms with van der Waals surface area (Å²) in [7, 11) is 0. The molecule has 13 heavy (non-hydrogen) atoms. The average Bonchev–Trinajstić information content (AvgIpc) is 2.21. The highest BCUT2D eigenvalue weighted by Gasteiger charge is 2.00. The minimum atomic E-state index is 1.01. The van der Waals surface area contributed by atoms with Crippen LogP contribution < -0.4 is 5.32 Å². The van der Waals surface area contributed by atoms with E-state index in [0.717, 1.165) is 24.4 Å². The number of para-hydroxylation sites is 1. The summed E-state index contributed by atoms with van der Waals surface area (Å²) in [6, 6.07) is 10.1. The van der Waals surface area contributed by atoms with Gasteiger partial charge in [-0.2, -0.15) is 0 Å². The number of hydrogen-bond donors (Lipinski definition) is 1. The Kier molecular flexibility index (Phi) is 2.41. The SMILES string of the molecule is C1=CN=C(Nc2ccccc2)CC1. The minimum absolute atomic E-state index is 1.01. The van der Waals surface area contributed by atoms with Gasteiger partial charge in [0.2, 0.25) is 0 Å². The lowest BCUT2D eigenvalue weighted by molar-refractivity contribution is 1.05. The first kappa shape index (κ1) is 8.05. The molecule has 0 bridgehead atoms. The Balaban J connectivity index is 2.06. The molecule has 0 saturated carbocycles. The maximum absolute atomic E-state index is 4.25. The third-order valence-electron chi connectivity index (χ3n) is 1.95. The highest BCUT2D eigenvalue weighted by atomic mass is 15.0. The number of nitrogens with zero attached hydrogens (tertiary/aromatic N) is 1. The van der Waals surface area contributed by atoms with Crippen LogP contribution in [0.15, 0.2) is 47.6 Å². The third kappa shape index (κ3) is 2.18. The van der Waals surface area contributed by atoms with Crippen molar-refractivity contribution in [1.82, 2.24) is 0 Å². The molecule has 0 aliphatic carbocycles. The zero-order valence-corrected chi connectivity index (χ0v) is 7.40. The molecule has 0 radical (unpaired) electrons. The van der Waals surface area contributed by atoms with E-state index in [9.17, 15) is 0 Å². The van der Waals surface area contributed by atoms with E-state index in [1.165, 1.54) is 0 Å². The molecular formula is C11H12N2. The van der Waals surface area contributed by atoms with Gasteiger partial charge in [0.05, 0.1) is 0 Å². The van der Waals surface area contributed by atoms with Gasteiger partial charge in [0, 0.05) is 18.3 Å². The van der Waals surface area contributed by atoms with E-state index < -0.39 is 0 Å². The number of amidine groups is 1. The molecule has 1 N–H and O–H groups in total. The normalized spacial score (nSPS) is 15.2. The predicted molar refractivity (Wildman–Crippen MR) is 55.9 cm³/mol. The zero-order valence-electron chi connectivity index (χ0n) is 7.40. The molecule has 0 fully saturated rings. The number of anilines is 1. The van der Waals surface area contributed by atoms with Crippen LogP contribution in [0.5, 0.6) is 0 Å². The molecule has 2 nitrogen and oxygen atoms in total. The predicted octanol–water partition coefficient (Wildman–Crippen LogP) is 2.80. The third-order valence-corrected chi connectivity index (χ3v) is 1.95. The molecule has 1 aliphatic heterocycles. The smallest absolute Gasteiger partial charge is 0.106 e. The molecule has 0 atom stereocenters. The maximum Gasteiger partial charge on any atom is 0.106 e. The van der Waals surface area contributed by atoms with Gasteiger partial charge >= 0.3 is 0 Å². The lowest BCUT2D eigenvalue weighted by atomic mass is 10.2. The van der Waals surface area contributed by atoms with E-state index in [0.29, 0.717) is 0 Å². The molecular weight excluding hydrogens is 160 g/mol. The summed E-state index contributed by atoms with van der Waals surface area (Å²) in [4.78, 5) is 4.25. The minimum Gasteiger partial charge on any atom is -0.344 e. The molecule has 1 heterocycles. The number of allylic oxidation sites excluding steroid dienone is 1. The molecule has 0 spiro atoms. The van der Waals surface area contributed by atoms with Crippen LogP contribution in [0.4, 0.5) is 5.69 Å². The summed E-state index contributed by atoms with van der Waals surface area (Å²) in [5, 5.41) is 3.28. The summed E-state index contributed by atoms with van der Waals surface area (Å²) in [5.74, 6) is 1.05. The molecule has 1 aromatic carbocycles. The summed E-state index contributed by atoms with van der Waals surface area (Å²) in [6.45, 7) is 0. The van der Waals surface area contributed by atoms with Gasteiger partial charge in [-0.05, 0) is 18.6 Å². The summed E-state index contributed by atoms with van der Waals surface area (Å²) < 4.78 is 0. The fraction of sp³-hybridized carbons (Fsp3) is 0.182. The lowest BCUT2D eigenvalue weighted by Gasteiger charge is -2.10. The van der Waals surface area contributed by atoms with Gasteiger partial charge in [-0.3, -0.25) is 0 Å². The Morgan fingerprint density at radius 3 is 2.69 bits per heavy atom. The molecule has 2 heteroatoms. The second kappa shape index (κ2) is 3.90. The first-order valence-electron chi connectivity index (χ1n) is 4.49. The standard InChI is InChI=1S/C11H12N2/c1-2-6-10(7-3-1)13-11-8-4-5-9-12-11/h1-3,5-7,9H,4,8H2,(H,12,13). The van der Waals surface area contributed by atoms with Crippen LogP contribution in [-0.2, 0) is 0 Å². The second-order valence-corrected chi connectivity index (χ2v) is 2.99.